The SMILES string of the molecule is CC1CCN(c2ccc(CNC(=O)/C=C/c3ccc(S(=O)(=O)NCc4ccco4)cc3)cn2)CC1. The van der Waals surface area contributed by atoms with Gasteiger partial charge in [0.2, 0.25) is 15.9 Å². The second kappa shape index (κ2) is 11.3. The molecule has 1 aromatic carbocycles. The van der Waals surface area contributed by atoms with Gasteiger partial charge in [-0.3, -0.25) is 4.79 Å². The first-order valence-electron chi connectivity index (χ1n) is 11.7. The molecule has 0 saturated carbocycles. The number of rotatable bonds is 9. The van der Waals surface area contributed by atoms with Gasteiger partial charge in [0.15, 0.2) is 0 Å². The molecule has 1 aliphatic heterocycles. The first kappa shape index (κ1) is 24.7. The first-order chi connectivity index (χ1) is 16.9. The Morgan fingerprint density at radius 3 is 2.54 bits per heavy atom. The maximum Gasteiger partial charge on any atom is 0.244 e. The van der Waals surface area contributed by atoms with Crippen LogP contribution in [-0.4, -0.2) is 32.4 Å². The molecule has 1 amide bonds. The lowest BCUT2D eigenvalue weighted by atomic mass is 9.99. The van der Waals surface area contributed by atoms with Crippen molar-refractivity contribution in [3.05, 3.63) is 84.0 Å². The monoisotopic (exact) mass is 494 g/mol. The van der Waals surface area contributed by atoms with Crippen molar-refractivity contribution in [1.82, 2.24) is 15.0 Å². The number of nitrogens with zero attached hydrogens (tertiary/aromatic N) is 2. The zero-order chi connectivity index (χ0) is 24.7. The smallest absolute Gasteiger partial charge is 0.244 e. The zero-order valence-electron chi connectivity index (χ0n) is 19.7. The van der Waals surface area contributed by atoms with Crippen molar-refractivity contribution >= 4 is 27.8 Å². The van der Waals surface area contributed by atoms with Crippen LogP contribution in [0.2, 0.25) is 0 Å². The molecule has 0 spiro atoms. The van der Waals surface area contributed by atoms with Gasteiger partial charge in [0.1, 0.15) is 11.6 Å². The Morgan fingerprint density at radius 1 is 1.11 bits per heavy atom. The van der Waals surface area contributed by atoms with E-state index in [1.807, 2.05) is 12.1 Å². The standard InChI is InChI=1S/C26H30N4O4S/c1-20-12-14-30(15-13-20)25-10-6-22(17-27-25)18-28-26(31)11-7-21-4-8-24(9-5-21)35(32,33)29-19-23-3-2-16-34-23/h2-11,16-17,20,29H,12-15,18-19H2,1H3,(H,28,31)/b11-7+. The molecule has 0 aliphatic carbocycles. The number of furan rings is 1. The molecule has 2 aromatic heterocycles. The molecule has 0 radical (unpaired) electrons. The topological polar surface area (TPSA) is 105 Å². The molecule has 4 rings (SSSR count). The van der Waals surface area contributed by atoms with Gasteiger partial charge in [-0.1, -0.05) is 25.1 Å². The number of pyridine rings is 1. The second-order valence-electron chi connectivity index (χ2n) is 8.72. The number of anilines is 1. The normalized spacial score (nSPS) is 14.9. The largest absolute Gasteiger partial charge is 0.468 e. The third-order valence-corrected chi connectivity index (χ3v) is 7.43. The molecule has 35 heavy (non-hydrogen) atoms. The number of nitrogens with one attached hydrogen (secondary N) is 2. The van der Waals surface area contributed by atoms with Crippen molar-refractivity contribution in [1.29, 1.82) is 0 Å². The molecule has 0 bridgehead atoms. The van der Waals surface area contributed by atoms with Gasteiger partial charge in [-0.05, 0) is 66.3 Å². The molecule has 8 nitrogen and oxygen atoms in total. The van der Waals surface area contributed by atoms with E-state index < -0.39 is 10.0 Å². The van der Waals surface area contributed by atoms with Gasteiger partial charge >= 0.3 is 0 Å². The summed E-state index contributed by atoms with van der Waals surface area (Å²) in [6.45, 7) is 4.80. The van der Waals surface area contributed by atoms with E-state index in [9.17, 15) is 13.2 Å². The fraction of sp³-hybridized carbons (Fsp3) is 0.308. The number of carbonyl (C=O) groups is 1. The van der Waals surface area contributed by atoms with Crippen LogP contribution < -0.4 is 14.9 Å². The molecule has 1 aliphatic rings. The number of hydrogen-bond donors (Lipinski definition) is 2. The fourth-order valence-electron chi connectivity index (χ4n) is 3.79. The molecular formula is C26H30N4O4S. The van der Waals surface area contributed by atoms with Crippen LogP contribution in [0.15, 0.2) is 76.4 Å². The predicted octanol–water partition coefficient (Wildman–Crippen LogP) is 3.72. The Hall–Kier alpha value is -3.43. The number of hydrogen-bond acceptors (Lipinski definition) is 6. The maximum atomic E-state index is 12.4. The lowest BCUT2D eigenvalue weighted by molar-refractivity contribution is -0.116. The predicted molar refractivity (Wildman–Crippen MR) is 135 cm³/mol. The van der Waals surface area contributed by atoms with Crippen molar-refractivity contribution < 1.29 is 17.6 Å². The Morgan fingerprint density at radius 2 is 1.89 bits per heavy atom. The number of piperidine rings is 1. The van der Waals surface area contributed by atoms with E-state index in [1.165, 1.54) is 37.3 Å². The number of aromatic nitrogens is 1. The highest BCUT2D eigenvalue weighted by atomic mass is 32.2. The van der Waals surface area contributed by atoms with Gasteiger partial charge in [-0.25, -0.2) is 18.1 Å². The Labute approximate surface area is 206 Å². The minimum atomic E-state index is -3.66. The van der Waals surface area contributed by atoms with Crippen LogP contribution in [0.1, 0.15) is 36.7 Å². The van der Waals surface area contributed by atoms with Gasteiger partial charge in [0.05, 0.1) is 17.7 Å². The minimum absolute atomic E-state index is 0.0763. The summed E-state index contributed by atoms with van der Waals surface area (Å²) in [7, 11) is -3.66. The third-order valence-electron chi connectivity index (χ3n) is 6.02. The van der Waals surface area contributed by atoms with E-state index in [1.54, 1.807) is 36.5 Å². The molecule has 3 heterocycles. The number of amides is 1. The lowest BCUT2D eigenvalue weighted by Gasteiger charge is -2.31. The van der Waals surface area contributed by atoms with Crippen LogP contribution in [0, 0.1) is 5.92 Å². The van der Waals surface area contributed by atoms with Crippen molar-refractivity contribution in [2.24, 2.45) is 5.92 Å². The summed E-state index contributed by atoms with van der Waals surface area (Å²) in [6.07, 6.45) is 8.73. The van der Waals surface area contributed by atoms with Crippen LogP contribution in [-0.2, 0) is 27.9 Å². The summed E-state index contributed by atoms with van der Waals surface area (Å²) in [6, 6.07) is 13.7. The zero-order valence-corrected chi connectivity index (χ0v) is 20.5. The average Bonchev–Trinajstić information content (AvgIpc) is 3.40. The highest BCUT2D eigenvalue weighted by Crippen LogP contribution is 2.21. The fourth-order valence-corrected chi connectivity index (χ4v) is 4.78. The molecule has 1 fully saturated rings. The summed E-state index contributed by atoms with van der Waals surface area (Å²) in [5.74, 6) is 2.04. The summed E-state index contributed by atoms with van der Waals surface area (Å²) in [5.41, 5.74) is 1.64. The maximum absolute atomic E-state index is 12.4. The second-order valence-corrected chi connectivity index (χ2v) is 10.5. The van der Waals surface area contributed by atoms with E-state index in [4.69, 9.17) is 4.42 Å². The van der Waals surface area contributed by atoms with Gasteiger partial charge in [-0.15, -0.1) is 0 Å². The van der Waals surface area contributed by atoms with Crippen LogP contribution >= 0.6 is 0 Å². The Balaban J connectivity index is 1.25. The quantitative estimate of drug-likeness (QED) is 0.440. The van der Waals surface area contributed by atoms with Crippen molar-refractivity contribution in [2.45, 2.75) is 37.8 Å². The van der Waals surface area contributed by atoms with Gasteiger partial charge in [0.25, 0.3) is 0 Å². The third kappa shape index (κ3) is 7.03. The van der Waals surface area contributed by atoms with Crippen LogP contribution in [0.3, 0.4) is 0 Å². The molecule has 2 N–H and O–H groups in total. The van der Waals surface area contributed by atoms with Gasteiger partial charge in [-0.2, -0.15) is 0 Å². The first-order valence-corrected chi connectivity index (χ1v) is 13.2. The Kier molecular flexibility index (Phi) is 7.99. The number of carbonyl (C=O) groups excluding carboxylic acids is 1. The molecule has 1 saturated heterocycles. The Bertz CT molecular complexity index is 1230. The molecule has 9 heteroatoms. The summed E-state index contributed by atoms with van der Waals surface area (Å²) < 4.78 is 32.4. The highest BCUT2D eigenvalue weighted by molar-refractivity contribution is 7.89. The van der Waals surface area contributed by atoms with E-state index in [-0.39, 0.29) is 17.3 Å². The molecule has 0 atom stereocenters. The van der Waals surface area contributed by atoms with Crippen molar-refractivity contribution in [2.75, 3.05) is 18.0 Å². The molecule has 3 aromatic rings. The van der Waals surface area contributed by atoms with E-state index >= 15 is 0 Å². The molecule has 0 unspecified atom stereocenters. The molecule has 184 valence electrons. The van der Waals surface area contributed by atoms with Gasteiger partial charge in [0, 0.05) is 31.9 Å². The number of sulfonamides is 1. The van der Waals surface area contributed by atoms with Crippen molar-refractivity contribution in [3.8, 4) is 0 Å². The number of benzene rings is 1. The molecular weight excluding hydrogens is 464 g/mol. The van der Waals surface area contributed by atoms with Crippen molar-refractivity contribution in [3.63, 3.8) is 0 Å². The lowest BCUT2D eigenvalue weighted by Crippen LogP contribution is -2.33. The summed E-state index contributed by atoms with van der Waals surface area (Å²) in [4.78, 5) is 19.2. The van der Waals surface area contributed by atoms with Crippen LogP contribution in [0.25, 0.3) is 6.08 Å². The van der Waals surface area contributed by atoms with E-state index in [2.05, 4.69) is 26.8 Å². The summed E-state index contributed by atoms with van der Waals surface area (Å²) in [5, 5.41) is 2.85. The van der Waals surface area contributed by atoms with E-state index in [0.717, 1.165) is 30.4 Å². The van der Waals surface area contributed by atoms with E-state index in [0.29, 0.717) is 17.9 Å². The van der Waals surface area contributed by atoms with Crippen LogP contribution in [0.5, 0.6) is 0 Å². The van der Waals surface area contributed by atoms with Crippen LogP contribution in [0.4, 0.5) is 5.82 Å². The summed E-state index contributed by atoms with van der Waals surface area (Å²) >= 11 is 0. The minimum Gasteiger partial charge on any atom is -0.468 e. The highest BCUT2D eigenvalue weighted by Gasteiger charge is 2.17. The van der Waals surface area contributed by atoms with Gasteiger partial charge < -0.3 is 14.6 Å². The average molecular weight is 495 g/mol.